The van der Waals surface area contributed by atoms with Gasteiger partial charge in [0.15, 0.2) is 5.69 Å². The Morgan fingerprint density at radius 1 is 1.24 bits per heavy atom. The molecule has 0 unspecified atom stereocenters. The summed E-state index contributed by atoms with van der Waals surface area (Å²) in [6, 6.07) is 3.05. The normalized spacial score (nSPS) is 13.8. The van der Waals surface area contributed by atoms with Crippen molar-refractivity contribution in [3.8, 4) is 0 Å². The van der Waals surface area contributed by atoms with Gasteiger partial charge in [-0.1, -0.05) is 0 Å². The molecule has 0 radical (unpaired) electrons. The first kappa shape index (κ1) is 25.8. The number of aromatic nitrogens is 4. The Morgan fingerprint density at radius 2 is 2.00 bits per heavy atom. The number of nitrogens with one attached hydrogen (secondary N) is 2. The molecule has 37 heavy (non-hydrogen) atoms. The van der Waals surface area contributed by atoms with E-state index >= 15 is 0 Å². The second-order valence-corrected chi connectivity index (χ2v) is 8.27. The lowest BCUT2D eigenvalue weighted by molar-refractivity contribution is -0.116. The van der Waals surface area contributed by atoms with Crippen LogP contribution in [0.15, 0.2) is 29.2 Å². The van der Waals surface area contributed by atoms with Gasteiger partial charge in [0.25, 0.3) is 23.8 Å². The van der Waals surface area contributed by atoms with Crippen molar-refractivity contribution in [2.75, 3.05) is 25.6 Å². The smallest absolute Gasteiger partial charge is 0.280 e. The van der Waals surface area contributed by atoms with Crippen LogP contribution in [0.25, 0.3) is 5.65 Å². The lowest BCUT2D eigenvalue weighted by Crippen LogP contribution is -2.37. The number of anilines is 1. The van der Waals surface area contributed by atoms with E-state index in [9.17, 15) is 32.3 Å². The summed E-state index contributed by atoms with van der Waals surface area (Å²) in [5, 5.41) is 8.41. The van der Waals surface area contributed by atoms with E-state index in [1.54, 1.807) is 6.92 Å². The Morgan fingerprint density at radius 3 is 2.65 bits per heavy atom. The fourth-order valence-electron chi connectivity index (χ4n) is 3.98. The van der Waals surface area contributed by atoms with E-state index in [1.165, 1.54) is 22.6 Å². The monoisotopic (exact) mass is 521 g/mol. The number of hydrogen-bond acceptors (Lipinski definition) is 7. The number of alkyl halides is 2. The zero-order valence-corrected chi connectivity index (χ0v) is 19.7. The van der Waals surface area contributed by atoms with Crippen LogP contribution in [0.2, 0.25) is 0 Å². The molecule has 4 heterocycles. The van der Waals surface area contributed by atoms with Crippen molar-refractivity contribution < 1.29 is 32.3 Å². The SMILES string of the molecule is COC[C@H](C)N1Cc2c(n(CC(=O)Nc3ccc(F)cn3)c3cc(C(=O)NCC(F)F)nn3c2=O)C1=O. The van der Waals surface area contributed by atoms with E-state index in [-0.39, 0.29) is 41.6 Å². The molecular weight excluding hydrogens is 499 g/mol. The average molecular weight is 521 g/mol. The Labute approximate surface area is 207 Å². The van der Waals surface area contributed by atoms with Gasteiger partial charge in [-0.3, -0.25) is 19.2 Å². The highest BCUT2D eigenvalue weighted by molar-refractivity contribution is 5.99. The maximum atomic E-state index is 13.4. The second kappa shape index (κ2) is 10.4. The van der Waals surface area contributed by atoms with E-state index in [0.717, 1.165) is 22.8 Å². The topological polar surface area (TPSA) is 140 Å². The molecule has 0 spiro atoms. The number of amides is 3. The van der Waals surface area contributed by atoms with Gasteiger partial charge >= 0.3 is 0 Å². The van der Waals surface area contributed by atoms with Crippen molar-refractivity contribution in [3.63, 3.8) is 0 Å². The van der Waals surface area contributed by atoms with Crippen molar-refractivity contribution in [3.05, 3.63) is 57.5 Å². The van der Waals surface area contributed by atoms with Crippen molar-refractivity contribution in [1.29, 1.82) is 0 Å². The molecular formula is C22H22F3N7O5. The zero-order valence-electron chi connectivity index (χ0n) is 19.7. The molecule has 1 aliphatic heterocycles. The van der Waals surface area contributed by atoms with E-state index in [0.29, 0.717) is 0 Å². The minimum absolute atomic E-state index is 0.0378. The fourth-order valence-corrected chi connectivity index (χ4v) is 3.98. The molecule has 3 aromatic rings. The van der Waals surface area contributed by atoms with E-state index in [2.05, 4.69) is 15.4 Å². The van der Waals surface area contributed by atoms with E-state index in [4.69, 9.17) is 4.74 Å². The van der Waals surface area contributed by atoms with Gasteiger partial charge in [0.2, 0.25) is 5.91 Å². The average Bonchev–Trinajstić information content (AvgIpc) is 3.45. The maximum absolute atomic E-state index is 13.4. The number of halogens is 3. The second-order valence-electron chi connectivity index (χ2n) is 8.27. The van der Waals surface area contributed by atoms with Crippen LogP contribution in [0.5, 0.6) is 0 Å². The molecule has 3 amide bonds. The van der Waals surface area contributed by atoms with Crippen LogP contribution in [-0.2, 0) is 22.6 Å². The zero-order chi connectivity index (χ0) is 26.9. The number of fused-ring (bicyclic) bond motifs is 2. The lowest BCUT2D eigenvalue weighted by Gasteiger charge is -2.23. The van der Waals surface area contributed by atoms with Gasteiger partial charge in [-0.25, -0.2) is 18.2 Å². The quantitative estimate of drug-likeness (QED) is 0.422. The number of ether oxygens (including phenoxy) is 1. The van der Waals surface area contributed by atoms with Crippen LogP contribution < -0.4 is 16.2 Å². The molecule has 4 rings (SSSR count). The molecule has 1 atom stereocenters. The van der Waals surface area contributed by atoms with Crippen molar-refractivity contribution in [2.24, 2.45) is 0 Å². The number of hydrogen-bond donors (Lipinski definition) is 2. The summed E-state index contributed by atoms with van der Waals surface area (Å²) in [7, 11) is 1.46. The van der Waals surface area contributed by atoms with E-state index in [1.807, 2.05) is 5.32 Å². The Bertz CT molecular complexity index is 1420. The Balaban J connectivity index is 1.77. The number of rotatable bonds is 9. The van der Waals surface area contributed by atoms with Gasteiger partial charge in [-0.15, -0.1) is 0 Å². The summed E-state index contributed by atoms with van der Waals surface area (Å²) in [4.78, 5) is 56.9. The first-order valence-corrected chi connectivity index (χ1v) is 11.0. The molecule has 12 nitrogen and oxygen atoms in total. The molecule has 2 N–H and O–H groups in total. The Kier molecular flexibility index (Phi) is 7.24. The van der Waals surface area contributed by atoms with Crippen LogP contribution in [0.4, 0.5) is 19.0 Å². The first-order chi connectivity index (χ1) is 17.6. The summed E-state index contributed by atoms with van der Waals surface area (Å²) in [5.74, 6) is -2.74. The highest BCUT2D eigenvalue weighted by atomic mass is 19.3. The number of carbonyl (C=O) groups is 3. The van der Waals surface area contributed by atoms with Crippen LogP contribution in [0.1, 0.15) is 33.5 Å². The molecule has 196 valence electrons. The first-order valence-electron chi connectivity index (χ1n) is 11.0. The van der Waals surface area contributed by atoms with Gasteiger partial charge in [0.05, 0.1) is 37.5 Å². The van der Waals surface area contributed by atoms with Crippen molar-refractivity contribution in [2.45, 2.75) is 32.5 Å². The number of pyridine rings is 1. The molecule has 0 aliphatic carbocycles. The van der Waals surface area contributed by atoms with Crippen LogP contribution >= 0.6 is 0 Å². The highest BCUT2D eigenvalue weighted by Gasteiger charge is 2.37. The fraction of sp³-hybridized carbons (Fsp3) is 0.364. The maximum Gasteiger partial charge on any atom is 0.280 e. The molecule has 0 saturated heterocycles. The molecule has 0 bridgehead atoms. The number of methoxy groups -OCH3 is 1. The molecule has 3 aromatic heterocycles. The van der Waals surface area contributed by atoms with Crippen LogP contribution in [-0.4, -0.2) is 74.5 Å². The van der Waals surface area contributed by atoms with Gasteiger partial charge in [0.1, 0.15) is 29.5 Å². The third kappa shape index (κ3) is 5.16. The summed E-state index contributed by atoms with van der Waals surface area (Å²) in [5.41, 5.74) is -1.18. The summed E-state index contributed by atoms with van der Waals surface area (Å²) < 4.78 is 45.4. The third-order valence-electron chi connectivity index (χ3n) is 5.65. The molecule has 0 saturated carbocycles. The minimum Gasteiger partial charge on any atom is -0.383 e. The number of nitrogens with zero attached hydrogens (tertiary/aromatic N) is 5. The van der Waals surface area contributed by atoms with E-state index < -0.39 is 54.7 Å². The van der Waals surface area contributed by atoms with Gasteiger partial charge in [0, 0.05) is 13.2 Å². The molecule has 15 heteroatoms. The largest absolute Gasteiger partial charge is 0.383 e. The molecule has 0 aromatic carbocycles. The lowest BCUT2D eigenvalue weighted by atomic mass is 10.2. The van der Waals surface area contributed by atoms with Crippen molar-refractivity contribution >= 4 is 29.2 Å². The molecule has 0 fully saturated rings. The predicted molar refractivity (Wildman–Crippen MR) is 122 cm³/mol. The standard InChI is InChI=1S/C22H22F3N7O5/c1-11(10-37-2)30-8-13-19(22(30)36)31(9-17(33)28-16-4-3-12(23)6-26-16)18-5-14(29-32(18)21(13)35)20(34)27-7-15(24)25/h3-6,11,15H,7-10H2,1-2H3,(H,27,34)(H,26,28,33)/t11-/m0/s1. The van der Waals surface area contributed by atoms with Crippen LogP contribution in [0.3, 0.4) is 0 Å². The van der Waals surface area contributed by atoms with Gasteiger partial charge in [-0.2, -0.15) is 9.61 Å². The molecule has 1 aliphatic rings. The Hall–Kier alpha value is -4.27. The van der Waals surface area contributed by atoms with Gasteiger partial charge in [-0.05, 0) is 19.1 Å². The summed E-state index contributed by atoms with van der Waals surface area (Å²) in [6.45, 7) is 0.391. The predicted octanol–water partition coefficient (Wildman–Crippen LogP) is 0.654. The van der Waals surface area contributed by atoms with Crippen LogP contribution in [0, 0.1) is 5.82 Å². The summed E-state index contributed by atoms with van der Waals surface area (Å²) in [6.07, 6.45) is -1.89. The highest BCUT2D eigenvalue weighted by Crippen LogP contribution is 2.25. The minimum atomic E-state index is -2.80. The third-order valence-corrected chi connectivity index (χ3v) is 5.65. The summed E-state index contributed by atoms with van der Waals surface area (Å²) >= 11 is 0. The number of carbonyl (C=O) groups excluding carboxylic acids is 3. The van der Waals surface area contributed by atoms with Crippen molar-refractivity contribution in [1.82, 2.24) is 29.4 Å². The van der Waals surface area contributed by atoms with Gasteiger partial charge < -0.3 is 24.8 Å².